The van der Waals surface area contributed by atoms with Gasteiger partial charge in [0, 0.05) is 0 Å². The molecule has 114 valence electrons. The minimum absolute atomic E-state index is 0. The molecular weight excluding hydrogens is 427 g/mol. The molecule has 0 aromatic heterocycles. The van der Waals surface area contributed by atoms with Crippen LogP contribution in [0.15, 0.2) is 6.07 Å². The van der Waals surface area contributed by atoms with E-state index >= 15 is 0 Å². The summed E-state index contributed by atoms with van der Waals surface area (Å²) in [6, 6.07) is 0.109. The molecule has 0 bridgehead atoms. The molecule has 1 aromatic rings. The fraction of sp³-hybridized carbons (Fsp3) is 0. The van der Waals surface area contributed by atoms with Crippen molar-refractivity contribution in [1.29, 1.82) is 0 Å². The molecule has 0 saturated carbocycles. The van der Waals surface area contributed by atoms with E-state index in [2.05, 4.69) is 0 Å². The van der Waals surface area contributed by atoms with Crippen LogP contribution in [0.2, 0.25) is 0 Å². The summed E-state index contributed by atoms with van der Waals surface area (Å²) < 4.78 is 0. The summed E-state index contributed by atoms with van der Waals surface area (Å²) in [6.07, 6.45) is 0. The van der Waals surface area contributed by atoms with E-state index in [4.69, 9.17) is 0 Å². The molecule has 0 heterocycles. The van der Waals surface area contributed by atoms with Gasteiger partial charge in [-0.05, 0) is 0 Å². The first-order valence-electron chi connectivity index (χ1n) is 3.75. The van der Waals surface area contributed by atoms with Crippen molar-refractivity contribution in [1.82, 2.24) is 0 Å². The van der Waals surface area contributed by atoms with Crippen LogP contribution < -0.4 is 10.2 Å². The van der Waals surface area contributed by atoms with Gasteiger partial charge < -0.3 is 26.6 Å². The first-order chi connectivity index (χ1) is 7.77. The Kier molecular flexibility index (Phi) is 13.5. The molecule has 15 heteroatoms. The van der Waals surface area contributed by atoms with E-state index < -0.39 is 43.3 Å². The van der Waals surface area contributed by atoms with Gasteiger partial charge in [0.1, 0.15) is 0 Å². The van der Waals surface area contributed by atoms with Crippen molar-refractivity contribution in [3.8, 4) is 11.5 Å². The largest absolute Gasteiger partial charge is 2.00 e. The van der Waals surface area contributed by atoms with Crippen LogP contribution >= 0.6 is 0 Å². The summed E-state index contributed by atoms with van der Waals surface area (Å²) in [5.41, 5.74) is -4.48. The molecule has 1 rings (SSSR count). The Bertz CT molecular complexity index is 509. The van der Waals surface area contributed by atoms with Gasteiger partial charge in [0.05, 0.1) is 32.3 Å². The minimum Gasteiger partial charge on any atom is -0.863 e. The Morgan fingerprint density at radius 2 is 1.00 bits per heavy atom. The van der Waals surface area contributed by atoms with Gasteiger partial charge >= 0.3 is 48.9 Å². The molecule has 21 heavy (non-hydrogen) atoms. The fourth-order valence-corrected chi connectivity index (χ4v) is 1.04. The van der Waals surface area contributed by atoms with Gasteiger partial charge in [-0.15, -0.1) is 0 Å². The van der Waals surface area contributed by atoms with Crippen LogP contribution in [0.3, 0.4) is 0 Å². The van der Waals surface area contributed by atoms with Crippen LogP contribution in [0.4, 0.5) is 17.1 Å². The van der Waals surface area contributed by atoms with Gasteiger partial charge in [0.25, 0.3) is 17.1 Å². The van der Waals surface area contributed by atoms with Crippen LogP contribution in [-0.2, 0) is 0 Å². The van der Waals surface area contributed by atoms with Crippen LogP contribution in [0.5, 0.6) is 11.5 Å². The summed E-state index contributed by atoms with van der Waals surface area (Å²) in [4.78, 5) is 26.9. The summed E-state index contributed by atoms with van der Waals surface area (Å²) in [6.45, 7) is 0. The number of hydrogen-bond acceptors (Lipinski definition) is 8. The molecule has 0 aliphatic rings. The summed E-state index contributed by atoms with van der Waals surface area (Å²) in [7, 11) is 0. The summed E-state index contributed by atoms with van der Waals surface area (Å²) >= 11 is 0. The molecule has 6 N–H and O–H groups in total. The van der Waals surface area contributed by atoms with Crippen molar-refractivity contribution in [2.45, 2.75) is 0 Å². The molecule has 0 spiro atoms. The van der Waals surface area contributed by atoms with E-state index in [0.29, 0.717) is 0 Å². The van der Waals surface area contributed by atoms with E-state index in [-0.39, 0.29) is 71.4 Å². The molecule has 0 aliphatic carbocycles. The molecule has 0 atom stereocenters. The van der Waals surface area contributed by atoms with Crippen molar-refractivity contribution in [3.63, 3.8) is 0 Å². The monoisotopic (exact) mass is 435 g/mol. The topological polar surface area (TPSA) is 270 Å². The molecular formula is C6H7BaN3O11. The van der Waals surface area contributed by atoms with Crippen molar-refractivity contribution in [3.05, 3.63) is 36.4 Å². The number of benzene rings is 1. The third kappa shape index (κ3) is 5.40. The van der Waals surface area contributed by atoms with Crippen LogP contribution in [0.25, 0.3) is 0 Å². The van der Waals surface area contributed by atoms with E-state index in [9.17, 15) is 40.6 Å². The average Bonchev–Trinajstić information content (AvgIpc) is 2.15. The Hall–Kier alpha value is -1.53. The first kappa shape index (κ1) is 27.8. The Labute approximate surface area is 154 Å². The normalized spacial score (nSPS) is 8.00. The second kappa shape index (κ2) is 10.2. The maximum Gasteiger partial charge on any atom is 2.00 e. The molecule has 14 nitrogen and oxygen atoms in total. The summed E-state index contributed by atoms with van der Waals surface area (Å²) in [5.74, 6) is -3.51. The zero-order chi connectivity index (χ0) is 13.3. The second-order valence-electron chi connectivity index (χ2n) is 2.69. The molecule has 0 fully saturated rings. The van der Waals surface area contributed by atoms with Gasteiger partial charge in [0.15, 0.2) is 0 Å². The minimum atomic E-state index is -1.75. The number of nitro benzene ring substituents is 3. The van der Waals surface area contributed by atoms with Crippen molar-refractivity contribution >= 4 is 65.9 Å². The predicted molar refractivity (Wildman–Crippen MR) is 61.9 cm³/mol. The maximum absolute atomic E-state index is 11.1. The summed E-state index contributed by atoms with van der Waals surface area (Å²) in [5, 5.41) is 53.3. The molecule has 0 saturated heterocycles. The quantitative estimate of drug-likeness (QED) is 0.263. The number of nitro groups is 3. The standard InChI is InChI=1S/C6H3N3O8.Ba.3H2O/c10-5-2(7(12)13)1-3(8(14)15)6(11)4(5)9(16)17;;;;/h1,10-11H;;3*1H2/q;+2;;;/p-2. The van der Waals surface area contributed by atoms with E-state index in [1.165, 1.54) is 0 Å². The second-order valence-corrected chi connectivity index (χ2v) is 2.69. The maximum atomic E-state index is 11.1. The fourth-order valence-electron chi connectivity index (χ4n) is 1.04. The van der Waals surface area contributed by atoms with Gasteiger partial charge in [-0.25, -0.2) is 0 Å². The molecule has 0 amide bonds. The van der Waals surface area contributed by atoms with Crippen LogP contribution in [0.1, 0.15) is 0 Å². The predicted octanol–water partition coefficient (Wildman–Crippen LogP) is -3.30. The van der Waals surface area contributed by atoms with Crippen LogP contribution in [0, 0.1) is 30.3 Å². The van der Waals surface area contributed by atoms with Crippen molar-refractivity contribution in [2.24, 2.45) is 0 Å². The van der Waals surface area contributed by atoms with E-state index in [1.807, 2.05) is 0 Å². The smallest absolute Gasteiger partial charge is 0.863 e. The molecule has 0 unspecified atom stereocenters. The van der Waals surface area contributed by atoms with Crippen molar-refractivity contribution < 1.29 is 41.4 Å². The Morgan fingerprint density at radius 3 is 1.19 bits per heavy atom. The number of hydrogen-bond donors (Lipinski definition) is 0. The Morgan fingerprint density at radius 1 is 0.714 bits per heavy atom. The van der Waals surface area contributed by atoms with Crippen LogP contribution in [-0.4, -0.2) is 80.1 Å². The number of rotatable bonds is 3. The van der Waals surface area contributed by atoms with Gasteiger partial charge in [-0.2, -0.15) is 0 Å². The Balaban J connectivity index is -0.000000361. The van der Waals surface area contributed by atoms with Crippen molar-refractivity contribution in [2.75, 3.05) is 0 Å². The van der Waals surface area contributed by atoms with Gasteiger partial charge in [-0.1, -0.05) is 0 Å². The first-order valence-corrected chi connectivity index (χ1v) is 3.75. The number of nitrogens with zero attached hydrogens (tertiary/aromatic N) is 3. The van der Waals surface area contributed by atoms with Gasteiger partial charge in [-0.3, -0.25) is 30.3 Å². The zero-order valence-electron chi connectivity index (χ0n) is 9.89. The molecule has 0 aliphatic heterocycles. The van der Waals surface area contributed by atoms with E-state index in [1.54, 1.807) is 0 Å². The average molecular weight is 434 g/mol. The molecule has 0 radical (unpaired) electrons. The zero-order valence-corrected chi connectivity index (χ0v) is 14.3. The van der Waals surface area contributed by atoms with E-state index in [0.717, 1.165) is 0 Å². The SMILES string of the molecule is O.O.O.O=[N+]([O-])c1cc([N+](=O)[O-])c([O-])c([N+](=O)[O-])c1[O-].[Ba+2]. The third-order valence-electron chi connectivity index (χ3n) is 1.74. The van der Waals surface area contributed by atoms with Gasteiger partial charge in [0.2, 0.25) is 0 Å². The molecule has 1 aromatic carbocycles. The third-order valence-corrected chi connectivity index (χ3v) is 1.74.